The molecule has 0 saturated carbocycles. The SMILES string of the molecule is CCCOc1ccc(Br)cc1CNc1cc(F)ccc1C. The quantitative estimate of drug-likeness (QED) is 0.762. The normalized spacial score (nSPS) is 10.5. The van der Waals surface area contributed by atoms with Crippen LogP contribution in [0.3, 0.4) is 0 Å². The zero-order valence-electron chi connectivity index (χ0n) is 12.2. The molecule has 0 saturated heterocycles. The van der Waals surface area contributed by atoms with Gasteiger partial charge in [-0.25, -0.2) is 4.39 Å². The van der Waals surface area contributed by atoms with Gasteiger partial charge in [-0.3, -0.25) is 0 Å². The monoisotopic (exact) mass is 351 g/mol. The van der Waals surface area contributed by atoms with E-state index in [-0.39, 0.29) is 5.82 Å². The van der Waals surface area contributed by atoms with Gasteiger partial charge in [0.15, 0.2) is 0 Å². The molecule has 0 aromatic heterocycles. The molecule has 0 fully saturated rings. The van der Waals surface area contributed by atoms with Gasteiger partial charge in [-0.2, -0.15) is 0 Å². The first kappa shape index (κ1) is 15.8. The molecule has 2 aromatic carbocycles. The first-order valence-electron chi connectivity index (χ1n) is 7.01. The van der Waals surface area contributed by atoms with Gasteiger partial charge in [-0.1, -0.05) is 28.9 Å². The number of ether oxygens (including phenoxy) is 1. The summed E-state index contributed by atoms with van der Waals surface area (Å²) in [5, 5.41) is 3.27. The highest BCUT2D eigenvalue weighted by molar-refractivity contribution is 9.10. The van der Waals surface area contributed by atoms with Gasteiger partial charge in [-0.15, -0.1) is 0 Å². The second-order valence-corrected chi connectivity index (χ2v) is 5.83. The molecule has 0 radical (unpaired) electrons. The fraction of sp³-hybridized carbons (Fsp3) is 0.294. The summed E-state index contributed by atoms with van der Waals surface area (Å²) in [5.74, 6) is 0.626. The van der Waals surface area contributed by atoms with Crippen LogP contribution in [-0.2, 0) is 6.54 Å². The molecular formula is C17H19BrFNO. The average Bonchev–Trinajstić information content (AvgIpc) is 2.47. The van der Waals surface area contributed by atoms with E-state index in [1.807, 2.05) is 25.1 Å². The van der Waals surface area contributed by atoms with Crippen molar-refractivity contribution in [3.05, 3.63) is 57.8 Å². The van der Waals surface area contributed by atoms with Gasteiger partial charge in [-0.05, 0) is 49.2 Å². The molecule has 112 valence electrons. The summed E-state index contributed by atoms with van der Waals surface area (Å²) in [5.41, 5.74) is 2.86. The van der Waals surface area contributed by atoms with Crippen LogP contribution in [0.2, 0.25) is 0 Å². The fourth-order valence-electron chi connectivity index (χ4n) is 2.01. The van der Waals surface area contributed by atoms with Crippen molar-refractivity contribution in [2.45, 2.75) is 26.8 Å². The number of aryl methyl sites for hydroxylation is 1. The molecule has 0 spiro atoms. The Balaban J connectivity index is 2.14. The first-order valence-corrected chi connectivity index (χ1v) is 7.80. The predicted molar refractivity (Wildman–Crippen MR) is 88.4 cm³/mol. The third-order valence-corrected chi connectivity index (χ3v) is 3.65. The van der Waals surface area contributed by atoms with E-state index in [1.165, 1.54) is 12.1 Å². The van der Waals surface area contributed by atoms with Gasteiger partial charge in [0.25, 0.3) is 0 Å². The maximum atomic E-state index is 13.3. The molecule has 2 rings (SSSR count). The minimum Gasteiger partial charge on any atom is -0.493 e. The van der Waals surface area contributed by atoms with Crippen molar-refractivity contribution in [3.63, 3.8) is 0 Å². The minimum atomic E-state index is -0.236. The largest absolute Gasteiger partial charge is 0.493 e. The van der Waals surface area contributed by atoms with Crippen molar-refractivity contribution in [3.8, 4) is 5.75 Å². The van der Waals surface area contributed by atoms with Crippen LogP contribution in [0.1, 0.15) is 24.5 Å². The molecule has 0 bridgehead atoms. The predicted octanol–water partition coefficient (Wildman–Crippen LogP) is 5.30. The Morgan fingerprint density at radius 1 is 1.19 bits per heavy atom. The number of nitrogens with one attached hydrogen (secondary N) is 1. The minimum absolute atomic E-state index is 0.236. The van der Waals surface area contributed by atoms with E-state index >= 15 is 0 Å². The Bertz CT molecular complexity index is 616. The summed E-state index contributed by atoms with van der Waals surface area (Å²) in [6, 6.07) is 10.7. The van der Waals surface area contributed by atoms with E-state index in [9.17, 15) is 4.39 Å². The van der Waals surface area contributed by atoms with Crippen molar-refractivity contribution < 1.29 is 9.13 Å². The molecular weight excluding hydrogens is 333 g/mol. The van der Waals surface area contributed by atoms with Crippen molar-refractivity contribution >= 4 is 21.6 Å². The van der Waals surface area contributed by atoms with E-state index in [2.05, 4.69) is 28.2 Å². The number of halogens is 2. The van der Waals surface area contributed by atoms with Crippen LogP contribution in [0.5, 0.6) is 5.75 Å². The van der Waals surface area contributed by atoms with Gasteiger partial charge in [0.2, 0.25) is 0 Å². The second kappa shape index (κ2) is 7.46. The molecule has 0 aliphatic rings. The molecule has 0 aliphatic carbocycles. The molecule has 1 N–H and O–H groups in total. The summed E-state index contributed by atoms with van der Waals surface area (Å²) >= 11 is 3.47. The van der Waals surface area contributed by atoms with Gasteiger partial charge in [0.05, 0.1) is 6.61 Å². The summed E-state index contributed by atoms with van der Waals surface area (Å²) in [4.78, 5) is 0. The summed E-state index contributed by atoms with van der Waals surface area (Å²) < 4.78 is 20.1. The Morgan fingerprint density at radius 2 is 2.00 bits per heavy atom. The first-order chi connectivity index (χ1) is 10.1. The Morgan fingerprint density at radius 3 is 2.76 bits per heavy atom. The lowest BCUT2D eigenvalue weighted by Crippen LogP contribution is -2.05. The third-order valence-electron chi connectivity index (χ3n) is 3.15. The molecule has 2 aromatic rings. The molecule has 4 heteroatoms. The van der Waals surface area contributed by atoms with Crippen LogP contribution < -0.4 is 10.1 Å². The smallest absolute Gasteiger partial charge is 0.125 e. The van der Waals surface area contributed by atoms with Gasteiger partial charge in [0, 0.05) is 22.3 Å². The van der Waals surface area contributed by atoms with Crippen LogP contribution in [-0.4, -0.2) is 6.61 Å². The standard InChI is InChI=1S/C17H19BrFNO/c1-3-8-21-17-7-5-14(18)9-13(17)11-20-16-10-15(19)6-4-12(16)2/h4-7,9-10,20H,3,8,11H2,1-2H3. The van der Waals surface area contributed by atoms with E-state index in [4.69, 9.17) is 4.74 Å². The lowest BCUT2D eigenvalue weighted by atomic mass is 10.1. The van der Waals surface area contributed by atoms with Crippen molar-refractivity contribution in [1.82, 2.24) is 0 Å². The maximum absolute atomic E-state index is 13.3. The van der Waals surface area contributed by atoms with Crippen molar-refractivity contribution in [2.24, 2.45) is 0 Å². The zero-order valence-corrected chi connectivity index (χ0v) is 13.8. The topological polar surface area (TPSA) is 21.3 Å². The molecule has 0 amide bonds. The van der Waals surface area contributed by atoms with Gasteiger partial charge >= 0.3 is 0 Å². The molecule has 2 nitrogen and oxygen atoms in total. The molecule has 0 atom stereocenters. The number of anilines is 1. The van der Waals surface area contributed by atoms with E-state index in [1.54, 1.807) is 6.07 Å². The molecule has 0 heterocycles. The molecule has 0 aliphatic heterocycles. The third kappa shape index (κ3) is 4.46. The van der Waals surface area contributed by atoms with Crippen LogP contribution in [0.4, 0.5) is 10.1 Å². The fourth-order valence-corrected chi connectivity index (χ4v) is 2.42. The van der Waals surface area contributed by atoms with E-state index in [0.29, 0.717) is 13.2 Å². The number of rotatable bonds is 6. The second-order valence-electron chi connectivity index (χ2n) is 4.91. The Hall–Kier alpha value is -1.55. The van der Waals surface area contributed by atoms with Gasteiger partial charge in [0.1, 0.15) is 11.6 Å². The summed E-state index contributed by atoms with van der Waals surface area (Å²) in [6.45, 7) is 5.31. The molecule has 21 heavy (non-hydrogen) atoms. The van der Waals surface area contributed by atoms with E-state index < -0.39 is 0 Å². The highest BCUT2D eigenvalue weighted by Gasteiger charge is 2.06. The highest BCUT2D eigenvalue weighted by Crippen LogP contribution is 2.25. The van der Waals surface area contributed by atoms with E-state index in [0.717, 1.165) is 33.5 Å². The number of benzene rings is 2. The lowest BCUT2D eigenvalue weighted by Gasteiger charge is -2.14. The Labute approximate surface area is 133 Å². The van der Waals surface area contributed by atoms with Crippen molar-refractivity contribution in [1.29, 1.82) is 0 Å². The van der Waals surface area contributed by atoms with Crippen LogP contribution >= 0.6 is 15.9 Å². The zero-order chi connectivity index (χ0) is 15.2. The number of hydrogen-bond acceptors (Lipinski definition) is 2. The Kier molecular flexibility index (Phi) is 5.62. The summed E-state index contributed by atoms with van der Waals surface area (Å²) in [6.07, 6.45) is 0.964. The lowest BCUT2D eigenvalue weighted by molar-refractivity contribution is 0.314. The molecule has 0 unspecified atom stereocenters. The van der Waals surface area contributed by atoms with Crippen LogP contribution in [0.25, 0.3) is 0 Å². The average molecular weight is 352 g/mol. The van der Waals surface area contributed by atoms with Crippen LogP contribution in [0.15, 0.2) is 40.9 Å². The highest BCUT2D eigenvalue weighted by atomic mass is 79.9. The summed E-state index contributed by atoms with van der Waals surface area (Å²) in [7, 11) is 0. The maximum Gasteiger partial charge on any atom is 0.125 e. The van der Waals surface area contributed by atoms with Gasteiger partial charge < -0.3 is 10.1 Å². The number of hydrogen-bond donors (Lipinski definition) is 1. The van der Waals surface area contributed by atoms with Crippen molar-refractivity contribution in [2.75, 3.05) is 11.9 Å². The van der Waals surface area contributed by atoms with Crippen LogP contribution in [0, 0.1) is 12.7 Å².